The molecule has 0 radical (unpaired) electrons. The summed E-state index contributed by atoms with van der Waals surface area (Å²) in [7, 11) is 0. The summed E-state index contributed by atoms with van der Waals surface area (Å²) < 4.78 is 5.44. The molecule has 1 N–H and O–H groups in total. The second kappa shape index (κ2) is 5.92. The zero-order chi connectivity index (χ0) is 16.7. The Morgan fingerprint density at radius 2 is 2.12 bits per heavy atom. The van der Waals surface area contributed by atoms with Gasteiger partial charge in [-0.1, -0.05) is 12.8 Å². The van der Waals surface area contributed by atoms with Crippen molar-refractivity contribution in [2.45, 2.75) is 45.1 Å². The van der Waals surface area contributed by atoms with Crippen molar-refractivity contribution in [2.24, 2.45) is 5.92 Å². The van der Waals surface area contributed by atoms with Gasteiger partial charge in [-0.25, -0.2) is 4.98 Å². The number of amides is 2. The molecule has 24 heavy (non-hydrogen) atoms. The first-order valence-corrected chi connectivity index (χ1v) is 8.57. The quantitative estimate of drug-likeness (QED) is 0.940. The van der Waals surface area contributed by atoms with E-state index in [2.05, 4.69) is 10.3 Å². The van der Waals surface area contributed by atoms with Crippen LogP contribution in [0.15, 0.2) is 22.6 Å². The van der Waals surface area contributed by atoms with Crippen molar-refractivity contribution in [2.75, 3.05) is 11.9 Å². The van der Waals surface area contributed by atoms with E-state index in [1.807, 2.05) is 4.90 Å². The zero-order valence-electron chi connectivity index (χ0n) is 13.7. The molecule has 1 aromatic carbocycles. The van der Waals surface area contributed by atoms with E-state index in [0.29, 0.717) is 36.2 Å². The first-order valence-electron chi connectivity index (χ1n) is 8.57. The number of nitrogens with one attached hydrogen (secondary N) is 1. The Bertz CT molecular complexity index is 792. The third-order valence-electron chi connectivity index (χ3n) is 5.06. The van der Waals surface area contributed by atoms with Crippen molar-refractivity contribution < 1.29 is 14.0 Å². The topological polar surface area (TPSA) is 75.4 Å². The van der Waals surface area contributed by atoms with E-state index in [1.54, 1.807) is 25.1 Å². The van der Waals surface area contributed by atoms with Gasteiger partial charge in [-0.2, -0.15) is 0 Å². The van der Waals surface area contributed by atoms with Gasteiger partial charge in [0.05, 0.1) is 5.92 Å². The molecule has 1 atom stereocenters. The van der Waals surface area contributed by atoms with Crippen LogP contribution in [0.4, 0.5) is 5.69 Å². The highest BCUT2D eigenvalue weighted by molar-refractivity contribution is 5.98. The van der Waals surface area contributed by atoms with Crippen molar-refractivity contribution in [1.82, 2.24) is 9.88 Å². The highest BCUT2D eigenvalue weighted by atomic mass is 16.3. The lowest BCUT2D eigenvalue weighted by Crippen LogP contribution is -2.35. The van der Waals surface area contributed by atoms with E-state index in [0.717, 1.165) is 18.4 Å². The lowest BCUT2D eigenvalue weighted by Gasteiger charge is -2.23. The van der Waals surface area contributed by atoms with Crippen LogP contribution in [0.1, 0.15) is 38.0 Å². The van der Waals surface area contributed by atoms with Gasteiger partial charge in [0.15, 0.2) is 11.5 Å². The molecule has 6 heteroatoms. The van der Waals surface area contributed by atoms with Crippen LogP contribution in [0.3, 0.4) is 0 Å². The molecular weight excluding hydrogens is 306 g/mol. The fourth-order valence-corrected chi connectivity index (χ4v) is 3.84. The molecule has 126 valence electrons. The summed E-state index contributed by atoms with van der Waals surface area (Å²) in [5.41, 5.74) is 2.11. The van der Waals surface area contributed by atoms with Gasteiger partial charge in [0.2, 0.25) is 11.8 Å². The predicted octanol–water partition coefficient (Wildman–Crippen LogP) is 2.87. The van der Waals surface area contributed by atoms with Gasteiger partial charge in [-0.05, 0) is 31.0 Å². The first-order chi connectivity index (χ1) is 11.6. The summed E-state index contributed by atoms with van der Waals surface area (Å²) in [5, 5.41) is 2.92. The van der Waals surface area contributed by atoms with Gasteiger partial charge in [0.25, 0.3) is 0 Å². The van der Waals surface area contributed by atoms with Gasteiger partial charge in [0, 0.05) is 31.6 Å². The third-order valence-corrected chi connectivity index (χ3v) is 5.06. The molecule has 2 aromatic rings. The zero-order valence-corrected chi connectivity index (χ0v) is 13.7. The standard InChI is InChI=1S/C18H21N3O3/c1-11-19-15-9-13(6-7-16(15)24-11)20-18(23)12-8-17(22)21(10-12)14-4-2-3-5-14/h6-7,9,12,14H,2-5,8,10H2,1H3,(H,20,23). The lowest BCUT2D eigenvalue weighted by atomic mass is 10.1. The van der Waals surface area contributed by atoms with E-state index in [9.17, 15) is 9.59 Å². The minimum absolute atomic E-state index is 0.0941. The summed E-state index contributed by atoms with van der Waals surface area (Å²) in [6, 6.07) is 5.74. The number of likely N-dealkylation sites (tertiary alicyclic amines) is 1. The van der Waals surface area contributed by atoms with Gasteiger partial charge < -0.3 is 14.6 Å². The number of hydrogen-bond acceptors (Lipinski definition) is 4. The van der Waals surface area contributed by atoms with Gasteiger partial charge in [-0.3, -0.25) is 9.59 Å². The summed E-state index contributed by atoms with van der Waals surface area (Å²) in [5.74, 6) is 0.350. The van der Waals surface area contributed by atoms with E-state index in [4.69, 9.17) is 4.42 Å². The monoisotopic (exact) mass is 327 g/mol. The Kier molecular flexibility index (Phi) is 3.75. The molecule has 1 aliphatic heterocycles. The van der Waals surface area contributed by atoms with Crippen LogP contribution in [0.2, 0.25) is 0 Å². The van der Waals surface area contributed by atoms with Crippen LogP contribution in [0.5, 0.6) is 0 Å². The minimum Gasteiger partial charge on any atom is -0.441 e. The van der Waals surface area contributed by atoms with Crippen molar-refractivity contribution in [3.05, 3.63) is 24.1 Å². The number of anilines is 1. The Labute approximate surface area is 140 Å². The second-order valence-corrected chi connectivity index (χ2v) is 6.79. The Morgan fingerprint density at radius 3 is 2.92 bits per heavy atom. The Hall–Kier alpha value is -2.37. The molecule has 4 rings (SSSR count). The largest absolute Gasteiger partial charge is 0.441 e. The van der Waals surface area contributed by atoms with Crippen molar-refractivity contribution in [1.29, 1.82) is 0 Å². The van der Waals surface area contributed by atoms with Crippen LogP contribution >= 0.6 is 0 Å². The number of carbonyl (C=O) groups is 2. The molecule has 1 unspecified atom stereocenters. The van der Waals surface area contributed by atoms with E-state index in [-0.39, 0.29) is 17.7 Å². The normalized spacial score (nSPS) is 21.8. The van der Waals surface area contributed by atoms with Crippen LogP contribution in [0, 0.1) is 12.8 Å². The maximum atomic E-state index is 12.5. The maximum absolute atomic E-state index is 12.5. The Balaban J connectivity index is 1.44. The number of hydrogen-bond donors (Lipinski definition) is 1. The number of aromatic nitrogens is 1. The molecule has 0 bridgehead atoms. The summed E-state index contributed by atoms with van der Waals surface area (Å²) in [4.78, 5) is 31.0. The number of nitrogens with zero attached hydrogens (tertiary/aromatic N) is 2. The SMILES string of the molecule is Cc1nc2cc(NC(=O)C3CC(=O)N(C4CCCC4)C3)ccc2o1. The molecule has 2 aliphatic rings. The number of oxazole rings is 1. The number of benzene rings is 1. The molecule has 0 spiro atoms. The number of aryl methyl sites for hydroxylation is 1. The van der Waals surface area contributed by atoms with Gasteiger partial charge in [-0.15, -0.1) is 0 Å². The Morgan fingerprint density at radius 1 is 1.33 bits per heavy atom. The van der Waals surface area contributed by atoms with Crippen LogP contribution < -0.4 is 5.32 Å². The fourth-order valence-electron chi connectivity index (χ4n) is 3.84. The molecule has 6 nitrogen and oxygen atoms in total. The second-order valence-electron chi connectivity index (χ2n) is 6.79. The van der Waals surface area contributed by atoms with Gasteiger partial charge in [0.1, 0.15) is 5.52 Å². The predicted molar refractivity (Wildman–Crippen MR) is 89.5 cm³/mol. The average molecular weight is 327 g/mol. The third kappa shape index (κ3) is 2.77. The number of rotatable bonds is 3. The minimum atomic E-state index is -0.271. The van der Waals surface area contributed by atoms with Crippen molar-refractivity contribution in [3.63, 3.8) is 0 Å². The van der Waals surface area contributed by atoms with Crippen LogP contribution in [-0.2, 0) is 9.59 Å². The summed E-state index contributed by atoms with van der Waals surface area (Å²) >= 11 is 0. The molecule has 2 heterocycles. The van der Waals surface area contributed by atoms with E-state index >= 15 is 0 Å². The summed E-state index contributed by atoms with van der Waals surface area (Å²) in [6.07, 6.45) is 4.82. The van der Waals surface area contributed by atoms with Crippen LogP contribution in [-0.4, -0.2) is 34.3 Å². The smallest absolute Gasteiger partial charge is 0.229 e. The maximum Gasteiger partial charge on any atom is 0.229 e. The molecule has 1 aromatic heterocycles. The van der Waals surface area contributed by atoms with Crippen molar-refractivity contribution in [3.8, 4) is 0 Å². The molecule has 1 aliphatic carbocycles. The fraction of sp³-hybridized carbons (Fsp3) is 0.500. The van der Waals surface area contributed by atoms with E-state index in [1.165, 1.54) is 12.8 Å². The molecular formula is C18H21N3O3. The molecule has 2 amide bonds. The highest BCUT2D eigenvalue weighted by Crippen LogP contribution is 2.30. The molecule has 2 fully saturated rings. The van der Waals surface area contributed by atoms with Crippen LogP contribution in [0.25, 0.3) is 11.1 Å². The number of carbonyl (C=O) groups excluding carboxylic acids is 2. The average Bonchev–Trinajstić information content (AvgIpc) is 3.25. The number of fused-ring (bicyclic) bond motifs is 1. The molecule has 1 saturated heterocycles. The van der Waals surface area contributed by atoms with Gasteiger partial charge >= 0.3 is 0 Å². The van der Waals surface area contributed by atoms with Crippen molar-refractivity contribution >= 4 is 28.6 Å². The van der Waals surface area contributed by atoms with E-state index < -0.39 is 0 Å². The highest BCUT2D eigenvalue weighted by Gasteiger charge is 2.38. The molecule has 1 saturated carbocycles. The summed E-state index contributed by atoms with van der Waals surface area (Å²) in [6.45, 7) is 2.33. The first kappa shape index (κ1) is 15.2. The lowest BCUT2D eigenvalue weighted by molar-refractivity contribution is -0.129.